The van der Waals surface area contributed by atoms with Crippen LogP contribution in [0.2, 0.25) is 0 Å². The van der Waals surface area contributed by atoms with Crippen molar-refractivity contribution in [3.05, 3.63) is 116 Å². The standard InChI is InChI=1S/C27H20Br2S2/c1-30-21-9-3-17(4-10-21)27(18-5-11-22(31-2)12-6-18)25-15-19(28)7-13-23(25)24-14-8-20(29)16-26(24)27/h3-16H,1-2H3. The number of halogens is 2. The minimum absolute atomic E-state index is 0.369. The molecule has 0 aliphatic heterocycles. The highest BCUT2D eigenvalue weighted by Crippen LogP contribution is 2.57. The topological polar surface area (TPSA) is 0 Å². The number of fused-ring (bicyclic) bond motifs is 3. The van der Waals surface area contributed by atoms with Gasteiger partial charge in [0, 0.05) is 18.7 Å². The van der Waals surface area contributed by atoms with Crippen molar-refractivity contribution in [3.63, 3.8) is 0 Å². The lowest BCUT2D eigenvalue weighted by molar-refractivity contribution is 0.765. The van der Waals surface area contributed by atoms with Crippen LogP contribution in [0.3, 0.4) is 0 Å². The van der Waals surface area contributed by atoms with Crippen molar-refractivity contribution in [3.8, 4) is 11.1 Å². The molecule has 4 heteroatoms. The molecule has 0 heterocycles. The van der Waals surface area contributed by atoms with Crippen LogP contribution in [-0.2, 0) is 5.41 Å². The Morgan fingerprint density at radius 3 is 1.29 bits per heavy atom. The highest BCUT2D eigenvalue weighted by Gasteiger charge is 2.46. The second-order valence-electron chi connectivity index (χ2n) is 7.59. The van der Waals surface area contributed by atoms with Crippen LogP contribution in [0.5, 0.6) is 0 Å². The van der Waals surface area contributed by atoms with E-state index in [1.165, 1.54) is 43.2 Å². The van der Waals surface area contributed by atoms with E-state index in [4.69, 9.17) is 0 Å². The largest absolute Gasteiger partial charge is 0.130 e. The molecule has 1 aliphatic rings. The zero-order chi connectivity index (χ0) is 21.6. The molecule has 0 bridgehead atoms. The Morgan fingerprint density at radius 1 is 0.548 bits per heavy atom. The quantitative estimate of drug-likeness (QED) is 0.199. The Kier molecular flexibility index (Phi) is 5.85. The molecule has 0 saturated carbocycles. The van der Waals surface area contributed by atoms with Gasteiger partial charge in [0.15, 0.2) is 0 Å². The fraction of sp³-hybridized carbons (Fsp3) is 0.111. The minimum atomic E-state index is -0.369. The summed E-state index contributed by atoms with van der Waals surface area (Å²) in [6.07, 6.45) is 4.25. The average Bonchev–Trinajstić information content (AvgIpc) is 3.08. The van der Waals surface area contributed by atoms with Gasteiger partial charge in [-0.1, -0.05) is 68.3 Å². The predicted molar refractivity (Wildman–Crippen MR) is 143 cm³/mol. The normalized spacial score (nSPS) is 13.7. The summed E-state index contributed by atoms with van der Waals surface area (Å²) in [5.74, 6) is 0. The maximum atomic E-state index is 3.75. The summed E-state index contributed by atoms with van der Waals surface area (Å²) in [4.78, 5) is 2.55. The third-order valence-corrected chi connectivity index (χ3v) is 8.58. The van der Waals surface area contributed by atoms with E-state index in [-0.39, 0.29) is 5.41 Å². The second kappa shape index (κ2) is 8.47. The van der Waals surface area contributed by atoms with Crippen LogP contribution in [0.1, 0.15) is 22.3 Å². The lowest BCUT2D eigenvalue weighted by Crippen LogP contribution is -2.28. The fourth-order valence-corrected chi connectivity index (χ4v) is 6.28. The van der Waals surface area contributed by atoms with E-state index < -0.39 is 0 Å². The molecule has 0 nitrogen and oxygen atoms in total. The van der Waals surface area contributed by atoms with Crippen molar-refractivity contribution in [2.75, 3.05) is 12.5 Å². The van der Waals surface area contributed by atoms with Crippen LogP contribution >= 0.6 is 55.4 Å². The van der Waals surface area contributed by atoms with Crippen molar-refractivity contribution in [1.29, 1.82) is 0 Å². The lowest BCUT2D eigenvalue weighted by atomic mass is 9.68. The van der Waals surface area contributed by atoms with E-state index in [2.05, 4.69) is 129 Å². The predicted octanol–water partition coefficient (Wildman–Crippen LogP) is 9.02. The highest BCUT2D eigenvalue weighted by atomic mass is 79.9. The van der Waals surface area contributed by atoms with Crippen molar-refractivity contribution in [1.82, 2.24) is 0 Å². The maximum absolute atomic E-state index is 3.75. The molecule has 1 aliphatic carbocycles. The number of rotatable bonds is 4. The third kappa shape index (κ3) is 3.43. The first-order valence-electron chi connectivity index (χ1n) is 9.97. The van der Waals surface area contributed by atoms with Gasteiger partial charge < -0.3 is 0 Å². The summed E-state index contributed by atoms with van der Waals surface area (Å²) in [5.41, 5.74) is 7.46. The van der Waals surface area contributed by atoms with Gasteiger partial charge in [-0.3, -0.25) is 0 Å². The third-order valence-electron chi connectivity index (χ3n) is 6.11. The molecule has 0 radical (unpaired) electrons. The van der Waals surface area contributed by atoms with Gasteiger partial charge in [0.25, 0.3) is 0 Å². The Balaban J connectivity index is 1.91. The van der Waals surface area contributed by atoms with E-state index >= 15 is 0 Å². The Hall–Kier alpha value is -1.46. The Bertz CT molecular complexity index is 1160. The molecule has 0 aromatic heterocycles. The average molecular weight is 568 g/mol. The number of hydrogen-bond acceptors (Lipinski definition) is 2. The first-order valence-corrected chi connectivity index (χ1v) is 14.0. The molecule has 4 aromatic carbocycles. The van der Waals surface area contributed by atoms with E-state index in [0.717, 1.165) is 8.95 Å². The molecule has 4 aromatic rings. The van der Waals surface area contributed by atoms with Crippen molar-refractivity contribution >= 4 is 55.4 Å². The SMILES string of the molecule is CSc1ccc(C2(c3ccc(SC)cc3)c3cc(Br)ccc3-c3ccc(Br)cc32)cc1. The summed E-state index contributed by atoms with van der Waals surface area (Å²) in [6, 6.07) is 31.6. The van der Waals surface area contributed by atoms with Crippen LogP contribution in [0.25, 0.3) is 11.1 Å². The van der Waals surface area contributed by atoms with Gasteiger partial charge in [-0.15, -0.1) is 23.5 Å². The molecule has 0 unspecified atom stereocenters. The van der Waals surface area contributed by atoms with Gasteiger partial charge in [0.2, 0.25) is 0 Å². The monoisotopic (exact) mass is 566 g/mol. The number of thioether (sulfide) groups is 2. The second-order valence-corrected chi connectivity index (χ2v) is 11.2. The van der Waals surface area contributed by atoms with Crippen LogP contribution in [0.4, 0.5) is 0 Å². The zero-order valence-corrected chi connectivity index (χ0v) is 22.0. The summed E-state index contributed by atoms with van der Waals surface area (Å²) in [7, 11) is 0. The molecule has 154 valence electrons. The van der Waals surface area contributed by atoms with Crippen LogP contribution in [-0.4, -0.2) is 12.5 Å². The molecule has 5 rings (SSSR count). The van der Waals surface area contributed by atoms with Gasteiger partial charge in [-0.2, -0.15) is 0 Å². The van der Waals surface area contributed by atoms with E-state index in [0.29, 0.717) is 0 Å². The van der Waals surface area contributed by atoms with Crippen LogP contribution in [0, 0.1) is 0 Å². The summed E-state index contributed by atoms with van der Waals surface area (Å²) < 4.78 is 2.20. The zero-order valence-electron chi connectivity index (χ0n) is 17.2. The fourth-order valence-electron chi connectivity index (χ4n) is 4.74. The van der Waals surface area contributed by atoms with Crippen molar-refractivity contribution in [2.24, 2.45) is 0 Å². The first-order chi connectivity index (χ1) is 15.1. The molecule has 0 saturated heterocycles. The van der Waals surface area contributed by atoms with Gasteiger partial charge >= 0.3 is 0 Å². The molecular formula is C27H20Br2S2. The van der Waals surface area contributed by atoms with Crippen LogP contribution < -0.4 is 0 Å². The molecule has 0 N–H and O–H groups in total. The molecular weight excluding hydrogens is 548 g/mol. The highest BCUT2D eigenvalue weighted by molar-refractivity contribution is 9.10. The number of hydrogen-bond donors (Lipinski definition) is 0. The van der Waals surface area contributed by atoms with Crippen molar-refractivity contribution < 1.29 is 0 Å². The molecule has 0 fully saturated rings. The van der Waals surface area contributed by atoms with Crippen LogP contribution in [0.15, 0.2) is 104 Å². The van der Waals surface area contributed by atoms with Gasteiger partial charge in [-0.25, -0.2) is 0 Å². The molecule has 0 atom stereocenters. The van der Waals surface area contributed by atoms with E-state index in [1.807, 2.05) is 0 Å². The van der Waals surface area contributed by atoms with E-state index in [9.17, 15) is 0 Å². The first kappa shape index (κ1) is 21.4. The Morgan fingerprint density at radius 2 is 0.935 bits per heavy atom. The minimum Gasteiger partial charge on any atom is -0.130 e. The summed E-state index contributed by atoms with van der Waals surface area (Å²) in [5, 5.41) is 0. The Labute approximate surface area is 209 Å². The summed E-state index contributed by atoms with van der Waals surface area (Å²) >= 11 is 11.1. The maximum Gasteiger partial charge on any atom is 0.0714 e. The molecule has 31 heavy (non-hydrogen) atoms. The smallest absolute Gasteiger partial charge is 0.0714 e. The lowest BCUT2D eigenvalue weighted by Gasteiger charge is -2.34. The summed E-state index contributed by atoms with van der Waals surface area (Å²) in [6.45, 7) is 0. The van der Waals surface area contributed by atoms with Gasteiger partial charge in [0.1, 0.15) is 0 Å². The molecule has 0 spiro atoms. The number of benzene rings is 4. The van der Waals surface area contributed by atoms with Gasteiger partial charge in [0.05, 0.1) is 5.41 Å². The molecule has 0 amide bonds. The van der Waals surface area contributed by atoms with E-state index in [1.54, 1.807) is 23.5 Å². The van der Waals surface area contributed by atoms with Crippen molar-refractivity contribution in [2.45, 2.75) is 15.2 Å². The van der Waals surface area contributed by atoms with Gasteiger partial charge in [-0.05, 0) is 94.4 Å².